The molecule has 0 aliphatic carbocycles. The lowest BCUT2D eigenvalue weighted by Gasteiger charge is -2.36. The maximum Gasteiger partial charge on any atom is 0.225 e. The second-order valence-corrected chi connectivity index (χ2v) is 5.45. The number of hydrogen-bond donors (Lipinski definition) is 1. The summed E-state index contributed by atoms with van der Waals surface area (Å²) in [5.74, 6) is 1.37. The molecule has 2 N–H and O–H groups in total. The summed E-state index contributed by atoms with van der Waals surface area (Å²) in [4.78, 5) is 20.8. The van der Waals surface area contributed by atoms with Crippen LogP contribution in [0.15, 0.2) is 18.3 Å². The van der Waals surface area contributed by atoms with E-state index in [1.807, 2.05) is 24.0 Å². The van der Waals surface area contributed by atoms with Gasteiger partial charge in [0.25, 0.3) is 0 Å². The van der Waals surface area contributed by atoms with E-state index in [9.17, 15) is 4.79 Å². The van der Waals surface area contributed by atoms with Gasteiger partial charge >= 0.3 is 0 Å². The molecule has 1 unspecified atom stereocenters. The van der Waals surface area contributed by atoms with Gasteiger partial charge in [-0.05, 0) is 18.6 Å². The van der Waals surface area contributed by atoms with E-state index in [0.29, 0.717) is 5.69 Å². The SMILES string of the molecule is CCCC(C)C(=O)N1CCN(c2ccc(N)cn2)CC1. The van der Waals surface area contributed by atoms with E-state index in [4.69, 9.17) is 5.73 Å². The van der Waals surface area contributed by atoms with E-state index in [1.165, 1.54) is 0 Å². The molecule has 1 aliphatic heterocycles. The third-order valence-electron chi connectivity index (χ3n) is 3.83. The number of aromatic nitrogens is 1. The molecule has 0 spiro atoms. The Morgan fingerprint density at radius 2 is 2.05 bits per heavy atom. The zero-order chi connectivity index (χ0) is 14.5. The lowest BCUT2D eigenvalue weighted by atomic mass is 10.0. The first-order chi connectivity index (χ1) is 9.61. The molecular weight excluding hydrogens is 252 g/mol. The fourth-order valence-electron chi connectivity index (χ4n) is 2.61. The zero-order valence-corrected chi connectivity index (χ0v) is 12.4. The van der Waals surface area contributed by atoms with Crippen molar-refractivity contribution in [3.8, 4) is 0 Å². The van der Waals surface area contributed by atoms with Crippen molar-refractivity contribution >= 4 is 17.4 Å². The van der Waals surface area contributed by atoms with Crippen molar-refractivity contribution < 1.29 is 4.79 Å². The van der Waals surface area contributed by atoms with Crippen molar-refractivity contribution in [1.82, 2.24) is 9.88 Å². The predicted molar refractivity (Wildman–Crippen MR) is 81.5 cm³/mol. The largest absolute Gasteiger partial charge is 0.397 e. The number of amides is 1. The van der Waals surface area contributed by atoms with Crippen molar-refractivity contribution in [2.75, 3.05) is 36.8 Å². The number of nitrogens with two attached hydrogens (primary N) is 1. The second kappa shape index (κ2) is 6.59. The number of pyridine rings is 1. The van der Waals surface area contributed by atoms with Crippen LogP contribution in [0.3, 0.4) is 0 Å². The lowest BCUT2D eigenvalue weighted by Crippen LogP contribution is -2.50. The Bertz CT molecular complexity index is 438. The van der Waals surface area contributed by atoms with E-state index < -0.39 is 0 Å². The highest BCUT2D eigenvalue weighted by molar-refractivity contribution is 5.78. The quantitative estimate of drug-likeness (QED) is 0.910. The molecule has 5 heteroatoms. The molecule has 1 amide bonds. The van der Waals surface area contributed by atoms with E-state index in [2.05, 4.69) is 16.8 Å². The molecule has 0 saturated carbocycles. The van der Waals surface area contributed by atoms with Gasteiger partial charge in [0.1, 0.15) is 5.82 Å². The highest BCUT2D eigenvalue weighted by Gasteiger charge is 2.24. The first kappa shape index (κ1) is 14.6. The van der Waals surface area contributed by atoms with Gasteiger partial charge < -0.3 is 15.5 Å². The van der Waals surface area contributed by atoms with Crippen LogP contribution < -0.4 is 10.6 Å². The first-order valence-corrected chi connectivity index (χ1v) is 7.37. The fourth-order valence-corrected chi connectivity index (χ4v) is 2.61. The standard InChI is InChI=1S/C15H24N4O/c1-3-4-12(2)15(20)19-9-7-18(8-10-19)14-6-5-13(16)11-17-14/h5-6,11-12H,3-4,7-10,16H2,1-2H3. The number of hydrogen-bond acceptors (Lipinski definition) is 4. The minimum atomic E-state index is 0.140. The molecule has 2 rings (SSSR count). The Morgan fingerprint density at radius 3 is 2.60 bits per heavy atom. The molecule has 1 atom stereocenters. The summed E-state index contributed by atoms with van der Waals surface area (Å²) in [6.45, 7) is 7.37. The van der Waals surface area contributed by atoms with Gasteiger partial charge in [-0.25, -0.2) is 4.98 Å². The zero-order valence-electron chi connectivity index (χ0n) is 12.4. The number of nitrogens with zero attached hydrogens (tertiary/aromatic N) is 3. The third-order valence-corrected chi connectivity index (χ3v) is 3.83. The van der Waals surface area contributed by atoms with Crippen LogP contribution in [0.25, 0.3) is 0 Å². The molecule has 1 aromatic rings. The third kappa shape index (κ3) is 3.40. The molecule has 0 aromatic carbocycles. The average Bonchev–Trinajstić information content (AvgIpc) is 2.48. The summed E-state index contributed by atoms with van der Waals surface area (Å²) >= 11 is 0. The van der Waals surface area contributed by atoms with Crippen molar-refractivity contribution in [2.45, 2.75) is 26.7 Å². The molecule has 20 heavy (non-hydrogen) atoms. The van der Waals surface area contributed by atoms with Crippen molar-refractivity contribution in [1.29, 1.82) is 0 Å². The van der Waals surface area contributed by atoms with E-state index in [0.717, 1.165) is 44.8 Å². The molecule has 1 aliphatic rings. The molecule has 1 fully saturated rings. The second-order valence-electron chi connectivity index (χ2n) is 5.45. The molecule has 2 heterocycles. The van der Waals surface area contributed by atoms with Crippen LogP contribution in [-0.4, -0.2) is 42.0 Å². The Labute approximate surface area is 120 Å². The Hall–Kier alpha value is -1.78. The maximum atomic E-state index is 12.3. The number of rotatable bonds is 4. The van der Waals surface area contributed by atoms with Gasteiger partial charge in [0.2, 0.25) is 5.91 Å². The molecule has 110 valence electrons. The van der Waals surface area contributed by atoms with Crippen LogP contribution in [0.4, 0.5) is 11.5 Å². The number of carbonyl (C=O) groups excluding carboxylic acids is 1. The van der Waals surface area contributed by atoms with Gasteiger partial charge in [0, 0.05) is 32.1 Å². The van der Waals surface area contributed by atoms with Gasteiger partial charge in [0.15, 0.2) is 0 Å². The summed E-state index contributed by atoms with van der Waals surface area (Å²) < 4.78 is 0. The highest BCUT2D eigenvalue weighted by atomic mass is 16.2. The van der Waals surface area contributed by atoms with E-state index in [-0.39, 0.29) is 11.8 Å². The molecule has 1 saturated heterocycles. The summed E-state index contributed by atoms with van der Waals surface area (Å²) in [6.07, 6.45) is 3.71. The van der Waals surface area contributed by atoms with Crippen LogP contribution in [0, 0.1) is 5.92 Å². The summed E-state index contributed by atoms with van der Waals surface area (Å²) in [5, 5.41) is 0. The number of nitrogen functional groups attached to an aromatic ring is 1. The summed E-state index contributed by atoms with van der Waals surface area (Å²) in [6, 6.07) is 3.80. The van der Waals surface area contributed by atoms with Crippen LogP contribution >= 0.6 is 0 Å². The summed E-state index contributed by atoms with van der Waals surface area (Å²) in [5.41, 5.74) is 6.32. The van der Waals surface area contributed by atoms with Gasteiger partial charge in [-0.2, -0.15) is 0 Å². The van der Waals surface area contributed by atoms with Gasteiger partial charge in [-0.15, -0.1) is 0 Å². The molecule has 5 nitrogen and oxygen atoms in total. The Balaban J connectivity index is 1.89. The Kier molecular flexibility index (Phi) is 4.82. The van der Waals surface area contributed by atoms with Crippen LogP contribution in [-0.2, 0) is 4.79 Å². The average molecular weight is 276 g/mol. The topological polar surface area (TPSA) is 62.5 Å². The molecule has 1 aromatic heterocycles. The number of piperazine rings is 1. The highest BCUT2D eigenvalue weighted by Crippen LogP contribution is 2.17. The van der Waals surface area contributed by atoms with Gasteiger partial charge in [-0.3, -0.25) is 4.79 Å². The monoisotopic (exact) mass is 276 g/mol. The summed E-state index contributed by atoms with van der Waals surface area (Å²) in [7, 11) is 0. The maximum absolute atomic E-state index is 12.3. The minimum Gasteiger partial charge on any atom is -0.397 e. The lowest BCUT2D eigenvalue weighted by molar-refractivity contribution is -0.135. The smallest absolute Gasteiger partial charge is 0.225 e. The Morgan fingerprint density at radius 1 is 1.35 bits per heavy atom. The van der Waals surface area contributed by atoms with Crippen LogP contribution in [0.1, 0.15) is 26.7 Å². The van der Waals surface area contributed by atoms with Crippen LogP contribution in [0.2, 0.25) is 0 Å². The minimum absolute atomic E-state index is 0.140. The number of anilines is 2. The molecular formula is C15H24N4O. The normalized spacial score (nSPS) is 17.1. The van der Waals surface area contributed by atoms with Crippen molar-refractivity contribution in [2.24, 2.45) is 5.92 Å². The van der Waals surface area contributed by atoms with Crippen LogP contribution in [0.5, 0.6) is 0 Å². The van der Waals surface area contributed by atoms with Gasteiger partial charge in [0.05, 0.1) is 11.9 Å². The fraction of sp³-hybridized carbons (Fsp3) is 0.600. The van der Waals surface area contributed by atoms with Crippen molar-refractivity contribution in [3.05, 3.63) is 18.3 Å². The van der Waals surface area contributed by atoms with E-state index in [1.54, 1.807) is 6.20 Å². The molecule has 0 bridgehead atoms. The predicted octanol–water partition coefficient (Wildman–Crippen LogP) is 1.75. The first-order valence-electron chi connectivity index (χ1n) is 7.37. The van der Waals surface area contributed by atoms with E-state index >= 15 is 0 Å². The number of carbonyl (C=O) groups is 1. The van der Waals surface area contributed by atoms with Crippen molar-refractivity contribution in [3.63, 3.8) is 0 Å². The van der Waals surface area contributed by atoms with Gasteiger partial charge in [-0.1, -0.05) is 20.3 Å². The molecule has 0 radical (unpaired) electrons.